The molecule has 0 bridgehead atoms. The van der Waals surface area contributed by atoms with Gasteiger partial charge in [-0.05, 0) is 63.6 Å². The molecule has 0 fully saturated rings. The third kappa shape index (κ3) is 6.12. The van der Waals surface area contributed by atoms with E-state index in [2.05, 4.69) is 37.7 Å². The number of carboxylic acid groups (broad SMARTS) is 1. The molecule has 178 valence electrons. The van der Waals surface area contributed by atoms with Gasteiger partial charge in [-0.1, -0.05) is 12.7 Å². The lowest BCUT2D eigenvalue weighted by Gasteiger charge is -2.12. The predicted molar refractivity (Wildman–Crippen MR) is 133 cm³/mol. The van der Waals surface area contributed by atoms with Crippen LogP contribution < -0.4 is 18.9 Å². The van der Waals surface area contributed by atoms with Gasteiger partial charge >= 0.3 is 5.97 Å². The van der Waals surface area contributed by atoms with Gasteiger partial charge in [0.15, 0.2) is 17.3 Å². The molecule has 2 aromatic carbocycles. The average molecular weight is 548 g/mol. The van der Waals surface area contributed by atoms with Crippen molar-refractivity contribution in [3.8, 4) is 34.4 Å². The highest BCUT2D eigenvalue weighted by atomic mass is 79.9. The maximum absolute atomic E-state index is 11.9. The number of benzene rings is 2. The molecule has 34 heavy (non-hydrogen) atoms. The molecule has 11 heteroatoms. The minimum absolute atomic E-state index is 0.0162. The van der Waals surface area contributed by atoms with Gasteiger partial charge in [0, 0.05) is 11.6 Å². The van der Waals surface area contributed by atoms with E-state index in [-0.39, 0.29) is 10.1 Å². The molecule has 0 radical (unpaired) electrons. The van der Waals surface area contributed by atoms with Crippen LogP contribution >= 0.6 is 27.7 Å². The van der Waals surface area contributed by atoms with Gasteiger partial charge in [0.2, 0.25) is 5.16 Å². The van der Waals surface area contributed by atoms with E-state index >= 15 is 0 Å². The van der Waals surface area contributed by atoms with Gasteiger partial charge in [0.25, 0.3) is 0 Å². The molecular formula is C23H22BrN3O6S. The number of ether oxygens (including phenoxy) is 4. The van der Waals surface area contributed by atoms with Gasteiger partial charge in [-0.15, -0.1) is 5.10 Å². The Bertz CT molecular complexity index is 1210. The van der Waals surface area contributed by atoms with E-state index in [9.17, 15) is 9.90 Å². The largest absolute Gasteiger partial charge is 0.497 e. The number of carbonyl (C=O) groups is 1. The summed E-state index contributed by atoms with van der Waals surface area (Å²) < 4.78 is 22.2. The third-order valence-corrected chi connectivity index (χ3v) is 5.86. The van der Waals surface area contributed by atoms with Crippen molar-refractivity contribution >= 4 is 39.7 Å². The Morgan fingerprint density at radius 2 is 1.85 bits per heavy atom. The Morgan fingerprint density at radius 1 is 1.15 bits per heavy atom. The molecule has 0 amide bonds. The summed E-state index contributed by atoms with van der Waals surface area (Å²) in [4.78, 5) is 16.4. The van der Waals surface area contributed by atoms with Crippen LogP contribution in [0.15, 0.2) is 57.5 Å². The van der Waals surface area contributed by atoms with Crippen molar-refractivity contribution in [2.24, 2.45) is 0 Å². The first-order valence-electron chi connectivity index (χ1n) is 9.78. The minimum atomic E-state index is -1.12. The second-order valence-corrected chi connectivity index (χ2v) is 8.48. The van der Waals surface area contributed by atoms with Gasteiger partial charge < -0.3 is 24.1 Å². The lowest BCUT2D eigenvalue weighted by atomic mass is 10.2. The first-order valence-corrected chi connectivity index (χ1v) is 11.4. The monoisotopic (exact) mass is 547 g/mol. The molecule has 1 aromatic heterocycles. The lowest BCUT2D eigenvalue weighted by Crippen LogP contribution is -1.99. The number of rotatable bonds is 11. The molecule has 0 spiro atoms. The molecule has 0 aliphatic heterocycles. The molecule has 0 unspecified atom stereocenters. The maximum Gasteiger partial charge on any atom is 0.342 e. The molecule has 1 heterocycles. The van der Waals surface area contributed by atoms with Crippen molar-refractivity contribution in [1.29, 1.82) is 0 Å². The van der Waals surface area contributed by atoms with Crippen LogP contribution in [0.3, 0.4) is 0 Å². The van der Waals surface area contributed by atoms with E-state index in [1.807, 2.05) is 0 Å². The quantitative estimate of drug-likeness (QED) is 0.193. The molecule has 0 saturated carbocycles. The number of nitrogens with zero attached hydrogens (tertiary/aromatic N) is 2. The Hall–Kier alpha value is -3.44. The summed E-state index contributed by atoms with van der Waals surface area (Å²) in [6.45, 7) is 3.93. The zero-order chi connectivity index (χ0) is 24.7. The molecule has 0 saturated heterocycles. The Balaban J connectivity index is 1.90. The van der Waals surface area contributed by atoms with E-state index in [0.717, 1.165) is 11.8 Å². The number of hydrogen-bond donors (Lipinski definition) is 2. The van der Waals surface area contributed by atoms with Crippen molar-refractivity contribution in [2.75, 3.05) is 27.9 Å². The fourth-order valence-corrected chi connectivity index (χ4v) is 4.14. The SMILES string of the molecule is C=CCOc1c(Br)cc(/C=C(\Sc2n[nH]c(-c3cc(OC)cc(OC)c3)n2)C(=O)O)cc1OC. The van der Waals surface area contributed by atoms with E-state index in [4.69, 9.17) is 18.9 Å². The highest BCUT2D eigenvalue weighted by Crippen LogP contribution is 2.38. The molecule has 0 atom stereocenters. The van der Waals surface area contributed by atoms with E-state index < -0.39 is 5.97 Å². The standard InChI is InChI=1S/C23H22BrN3O6S/c1-5-6-33-20-17(24)7-13(8-18(20)32-4)9-19(22(28)29)34-23-25-21(26-27-23)14-10-15(30-2)12-16(11-14)31-3/h5,7-12H,1,6H2,2-4H3,(H,28,29)(H,25,26,27)/b19-9-. The number of nitrogens with one attached hydrogen (secondary N) is 1. The molecule has 9 nitrogen and oxygen atoms in total. The van der Waals surface area contributed by atoms with Crippen molar-refractivity contribution < 1.29 is 28.8 Å². The molecule has 3 aromatic rings. The zero-order valence-corrected chi connectivity index (χ0v) is 21.0. The summed E-state index contributed by atoms with van der Waals surface area (Å²) in [5.41, 5.74) is 1.27. The molecule has 0 aliphatic rings. The summed E-state index contributed by atoms with van der Waals surface area (Å²) in [6.07, 6.45) is 3.12. The first-order chi connectivity index (χ1) is 16.4. The summed E-state index contributed by atoms with van der Waals surface area (Å²) >= 11 is 4.35. The molecular weight excluding hydrogens is 526 g/mol. The van der Waals surface area contributed by atoms with E-state index in [0.29, 0.717) is 51.0 Å². The molecule has 0 aliphatic carbocycles. The highest BCUT2D eigenvalue weighted by Gasteiger charge is 2.17. The average Bonchev–Trinajstić information content (AvgIpc) is 3.30. The maximum atomic E-state index is 11.9. The van der Waals surface area contributed by atoms with Gasteiger partial charge in [0.05, 0.1) is 25.8 Å². The van der Waals surface area contributed by atoms with Crippen molar-refractivity contribution in [3.05, 3.63) is 57.9 Å². The molecule has 2 N–H and O–H groups in total. The fraction of sp³-hybridized carbons (Fsp3) is 0.174. The van der Waals surface area contributed by atoms with Crippen molar-refractivity contribution in [3.63, 3.8) is 0 Å². The summed E-state index contributed by atoms with van der Waals surface area (Å²) in [5.74, 6) is 1.44. The topological polar surface area (TPSA) is 116 Å². The van der Waals surface area contributed by atoms with Gasteiger partial charge in [-0.2, -0.15) is 0 Å². The van der Waals surface area contributed by atoms with Crippen LogP contribution in [0.1, 0.15) is 5.56 Å². The Labute approximate surface area is 208 Å². The smallest absolute Gasteiger partial charge is 0.342 e. The van der Waals surface area contributed by atoms with Crippen LogP contribution in [0.2, 0.25) is 0 Å². The fourth-order valence-electron chi connectivity index (χ4n) is 2.86. The number of hydrogen-bond acceptors (Lipinski definition) is 8. The van der Waals surface area contributed by atoms with Crippen LogP contribution in [-0.2, 0) is 4.79 Å². The Morgan fingerprint density at radius 3 is 2.44 bits per heavy atom. The summed E-state index contributed by atoms with van der Waals surface area (Å²) in [6, 6.07) is 8.69. The number of H-pyrrole nitrogens is 1. The second kappa shape index (κ2) is 11.6. The van der Waals surface area contributed by atoms with Crippen LogP contribution in [0, 0.1) is 0 Å². The molecule has 3 rings (SSSR count). The number of methoxy groups -OCH3 is 3. The van der Waals surface area contributed by atoms with Gasteiger partial charge in [-0.3, -0.25) is 5.10 Å². The van der Waals surface area contributed by atoms with Gasteiger partial charge in [-0.25, -0.2) is 9.78 Å². The number of halogens is 1. The number of aromatic nitrogens is 3. The number of aliphatic carboxylic acids is 1. The minimum Gasteiger partial charge on any atom is -0.497 e. The normalized spacial score (nSPS) is 11.1. The summed E-state index contributed by atoms with van der Waals surface area (Å²) in [5, 5.41) is 17.0. The number of aromatic amines is 1. The second-order valence-electron chi connectivity index (χ2n) is 6.62. The van der Waals surface area contributed by atoms with Crippen molar-refractivity contribution in [2.45, 2.75) is 5.16 Å². The zero-order valence-electron chi connectivity index (χ0n) is 18.6. The highest BCUT2D eigenvalue weighted by molar-refractivity contribution is 9.10. The van der Waals surface area contributed by atoms with Crippen molar-refractivity contribution in [1.82, 2.24) is 15.2 Å². The van der Waals surface area contributed by atoms with Crippen LogP contribution in [0.5, 0.6) is 23.0 Å². The third-order valence-electron chi connectivity index (χ3n) is 4.40. The van der Waals surface area contributed by atoms with E-state index in [1.54, 1.807) is 50.6 Å². The van der Waals surface area contributed by atoms with E-state index in [1.165, 1.54) is 13.2 Å². The lowest BCUT2D eigenvalue weighted by molar-refractivity contribution is -0.131. The van der Waals surface area contributed by atoms with Crippen LogP contribution in [0.25, 0.3) is 17.5 Å². The summed E-state index contributed by atoms with van der Waals surface area (Å²) in [7, 11) is 4.61. The van der Waals surface area contributed by atoms with Crippen LogP contribution in [-0.4, -0.2) is 54.2 Å². The predicted octanol–water partition coefficient (Wildman–Crippen LogP) is 5.04. The van der Waals surface area contributed by atoms with Crippen LogP contribution in [0.4, 0.5) is 0 Å². The number of carboxylic acids is 1. The Kier molecular flexibility index (Phi) is 8.61. The number of thioether (sulfide) groups is 1. The van der Waals surface area contributed by atoms with Gasteiger partial charge in [0.1, 0.15) is 23.0 Å². The first kappa shape index (κ1) is 25.2.